The molecule has 1 aliphatic heterocycles. The number of nitrogens with zero attached hydrogens (tertiary/aromatic N) is 5. The standard InChI is InChI=1S/C27H28ClN5O/c1-3-4-5-23-18-32(17-20-8-6-19(16-29)7-9-20)27(34)26-15-25(31-33(23)26)24-11-10-22(28)14-21(24)12-13-30-2/h6-11,13-15,23H,3-5,12,17-18H2,1-2H3. The second kappa shape index (κ2) is 10.7. The van der Waals surface area contributed by atoms with Crippen LogP contribution in [0.3, 0.4) is 0 Å². The van der Waals surface area contributed by atoms with Gasteiger partial charge in [0.1, 0.15) is 5.69 Å². The van der Waals surface area contributed by atoms with Gasteiger partial charge in [0.15, 0.2) is 0 Å². The molecule has 1 unspecified atom stereocenters. The molecule has 1 amide bonds. The number of carbonyl (C=O) groups excluding carboxylic acids is 1. The Morgan fingerprint density at radius 3 is 2.74 bits per heavy atom. The molecule has 3 aromatic rings. The van der Waals surface area contributed by atoms with Crippen LogP contribution in [0.4, 0.5) is 0 Å². The zero-order valence-electron chi connectivity index (χ0n) is 19.5. The summed E-state index contributed by atoms with van der Waals surface area (Å²) in [6.45, 7) is 3.29. The summed E-state index contributed by atoms with van der Waals surface area (Å²) in [6, 6.07) is 17.3. The summed E-state index contributed by atoms with van der Waals surface area (Å²) in [7, 11) is 1.75. The summed E-state index contributed by atoms with van der Waals surface area (Å²) >= 11 is 6.25. The third kappa shape index (κ3) is 5.05. The van der Waals surface area contributed by atoms with Gasteiger partial charge in [-0.05, 0) is 47.9 Å². The molecule has 0 saturated carbocycles. The van der Waals surface area contributed by atoms with Gasteiger partial charge in [0, 0.05) is 43.4 Å². The van der Waals surface area contributed by atoms with Crippen LogP contribution >= 0.6 is 11.6 Å². The molecule has 2 heterocycles. The van der Waals surface area contributed by atoms with Crippen molar-refractivity contribution in [1.82, 2.24) is 14.7 Å². The number of unbranched alkanes of at least 4 members (excludes halogenated alkanes) is 1. The number of nitriles is 1. The highest BCUT2D eigenvalue weighted by molar-refractivity contribution is 6.30. The number of hydrogen-bond donors (Lipinski definition) is 0. The summed E-state index contributed by atoms with van der Waals surface area (Å²) in [5, 5.41) is 14.6. The van der Waals surface area contributed by atoms with E-state index in [-0.39, 0.29) is 11.9 Å². The molecule has 1 aromatic heterocycles. The third-order valence-electron chi connectivity index (χ3n) is 6.20. The monoisotopic (exact) mass is 473 g/mol. The van der Waals surface area contributed by atoms with E-state index in [2.05, 4.69) is 18.0 Å². The van der Waals surface area contributed by atoms with Gasteiger partial charge in [0.25, 0.3) is 5.91 Å². The Labute approximate surface area is 205 Å². The summed E-state index contributed by atoms with van der Waals surface area (Å²) in [5.74, 6) is -0.0264. The van der Waals surface area contributed by atoms with E-state index in [1.807, 2.05) is 52.2 Å². The van der Waals surface area contributed by atoms with Gasteiger partial charge in [0.2, 0.25) is 0 Å². The van der Waals surface area contributed by atoms with Gasteiger partial charge in [0.05, 0.1) is 23.4 Å². The number of halogens is 1. The summed E-state index contributed by atoms with van der Waals surface area (Å²) in [5.41, 5.74) is 5.01. The molecular formula is C27H28ClN5O. The molecule has 2 aromatic carbocycles. The summed E-state index contributed by atoms with van der Waals surface area (Å²) in [6.07, 6.45) is 5.60. The highest BCUT2D eigenvalue weighted by Crippen LogP contribution is 2.32. The molecule has 0 spiro atoms. The maximum Gasteiger partial charge on any atom is 0.272 e. The summed E-state index contributed by atoms with van der Waals surface area (Å²) < 4.78 is 1.93. The highest BCUT2D eigenvalue weighted by Gasteiger charge is 2.33. The van der Waals surface area contributed by atoms with Crippen molar-refractivity contribution in [1.29, 1.82) is 5.26 Å². The van der Waals surface area contributed by atoms with E-state index >= 15 is 0 Å². The fraction of sp³-hybridized carbons (Fsp3) is 0.333. The van der Waals surface area contributed by atoms with E-state index in [9.17, 15) is 4.79 Å². The molecule has 0 radical (unpaired) electrons. The molecule has 1 atom stereocenters. The highest BCUT2D eigenvalue weighted by atomic mass is 35.5. The van der Waals surface area contributed by atoms with Crippen LogP contribution in [0.2, 0.25) is 5.02 Å². The zero-order chi connectivity index (χ0) is 24.1. The first-order valence-corrected chi connectivity index (χ1v) is 12.0. The lowest BCUT2D eigenvalue weighted by Crippen LogP contribution is -2.42. The van der Waals surface area contributed by atoms with E-state index < -0.39 is 0 Å². The molecule has 0 saturated heterocycles. The molecular weight excluding hydrogens is 446 g/mol. The largest absolute Gasteiger partial charge is 0.331 e. The normalized spacial score (nSPS) is 15.5. The van der Waals surface area contributed by atoms with Gasteiger partial charge in [-0.25, -0.2) is 0 Å². The Kier molecular flexibility index (Phi) is 7.44. The molecule has 174 valence electrons. The first-order valence-electron chi connectivity index (χ1n) is 11.6. The van der Waals surface area contributed by atoms with Gasteiger partial charge < -0.3 is 9.89 Å². The van der Waals surface area contributed by atoms with E-state index in [1.54, 1.807) is 19.2 Å². The van der Waals surface area contributed by atoms with Gasteiger partial charge >= 0.3 is 0 Å². The molecule has 4 rings (SSSR count). The Hall–Kier alpha value is -3.43. The Morgan fingerprint density at radius 1 is 1.24 bits per heavy atom. The first kappa shape index (κ1) is 23.7. The lowest BCUT2D eigenvalue weighted by molar-refractivity contribution is 0.0635. The number of aliphatic imine (C=N–C) groups is 1. The minimum Gasteiger partial charge on any atom is -0.331 e. The number of benzene rings is 2. The van der Waals surface area contributed by atoms with E-state index in [4.69, 9.17) is 22.0 Å². The van der Waals surface area contributed by atoms with Gasteiger partial charge in [-0.1, -0.05) is 49.6 Å². The Bertz CT molecular complexity index is 1240. The minimum absolute atomic E-state index is 0.0264. The van der Waals surface area contributed by atoms with Crippen molar-refractivity contribution >= 4 is 23.7 Å². The quantitative estimate of drug-likeness (QED) is 0.393. The molecule has 0 N–H and O–H groups in total. The van der Waals surface area contributed by atoms with Crippen molar-refractivity contribution in [2.45, 2.75) is 45.2 Å². The predicted octanol–water partition coefficient (Wildman–Crippen LogP) is 5.71. The van der Waals surface area contributed by atoms with Crippen LogP contribution in [0.15, 0.2) is 53.5 Å². The fourth-order valence-corrected chi connectivity index (χ4v) is 4.60. The van der Waals surface area contributed by atoms with Crippen molar-refractivity contribution in [2.75, 3.05) is 13.6 Å². The van der Waals surface area contributed by atoms with Crippen LogP contribution in [0, 0.1) is 11.3 Å². The second-order valence-corrected chi connectivity index (χ2v) is 9.03. The molecule has 6 nitrogen and oxygen atoms in total. The van der Waals surface area contributed by atoms with Crippen molar-refractivity contribution in [3.05, 3.63) is 75.9 Å². The van der Waals surface area contributed by atoms with E-state index in [0.717, 1.165) is 41.6 Å². The number of aromatic nitrogens is 2. The lowest BCUT2D eigenvalue weighted by atomic mass is 10.0. The molecule has 0 aliphatic carbocycles. The maximum absolute atomic E-state index is 13.5. The number of fused-ring (bicyclic) bond motifs is 1. The number of amides is 1. The topological polar surface area (TPSA) is 74.3 Å². The van der Waals surface area contributed by atoms with Crippen LogP contribution in [-0.4, -0.2) is 40.4 Å². The van der Waals surface area contributed by atoms with E-state index in [1.165, 1.54) is 0 Å². The van der Waals surface area contributed by atoms with Crippen LogP contribution in [0.5, 0.6) is 0 Å². The van der Waals surface area contributed by atoms with E-state index in [0.29, 0.717) is 35.8 Å². The molecule has 7 heteroatoms. The number of hydrogen-bond acceptors (Lipinski definition) is 4. The fourth-order valence-electron chi connectivity index (χ4n) is 4.41. The van der Waals surface area contributed by atoms with Crippen LogP contribution in [0.1, 0.15) is 59.4 Å². The van der Waals surface area contributed by atoms with Crippen molar-refractivity contribution in [2.24, 2.45) is 4.99 Å². The van der Waals surface area contributed by atoms with Crippen molar-refractivity contribution in [3.8, 4) is 17.3 Å². The molecule has 1 aliphatic rings. The first-order chi connectivity index (χ1) is 16.5. The number of rotatable bonds is 8. The van der Waals surface area contributed by atoms with Gasteiger partial charge in [-0.2, -0.15) is 10.4 Å². The lowest BCUT2D eigenvalue weighted by Gasteiger charge is -2.33. The zero-order valence-corrected chi connectivity index (χ0v) is 20.3. The molecule has 0 bridgehead atoms. The van der Waals surface area contributed by atoms with Crippen molar-refractivity contribution < 1.29 is 4.79 Å². The van der Waals surface area contributed by atoms with Crippen molar-refractivity contribution in [3.63, 3.8) is 0 Å². The van der Waals surface area contributed by atoms with Crippen LogP contribution < -0.4 is 0 Å². The SMILES string of the molecule is CCCCC1CN(Cc2ccc(C#N)cc2)C(=O)c2cc(-c3ccc(Cl)cc3CC=NC)nn21. The third-order valence-corrected chi connectivity index (χ3v) is 6.44. The minimum atomic E-state index is -0.0264. The predicted molar refractivity (Wildman–Crippen MR) is 135 cm³/mol. The average molecular weight is 474 g/mol. The maximum atomic E-state index is 13.5. The summed E-state index contributed by atoms with van der Waals surface area (Å²) in [4.78, 5) is 19.5. The Morgan fingerprint density at radius 2 is 2.03 bits per heavy atom. The second-order valence-electron chi connectivity index (χ2n) is 8.60. The smallest absolute Gasteiger partial charge is 0.272 e. The average Bonchev–Trinajstić information content (AvgIpc) is 3.30. The van der Waals surface area contributed by atoms with Gasteiger partial charge in [-0.15, -0.1) is 0 Å². The Balaban J connectivity index is 1.69. The van der Waals surface area contributed by atoms with Gasteiger partial charge in [-0.3, -0.25) is 9.48 Å². The van der Waals surface area contributed by atoms with Crippen LogP contribution in [0.25, 0.3) is 11.3 Å². The molecule has 0 fully saturated rings. The van der Waals surface area contributed by atoms with Crippen LogP contribution in [-0.2, 0) is 13.0 Å². The molecule has 34 heavy (non-hydrogen) atoms. The number of carbonyl (C=O) groups is 1.